The molecule has 132 valence electrons. The molecule has 1 saturated carbocycles. The molecule has 1 amide bonds. The second-order valence-corrected chi connectivity index (χ2v) is 7.37. The Morgan fingerprint density at radius 3 is 2.42 bits per heavy atom. The van der Waals surface area contributed by atoms with Crippen LogP contribution in [0.3, 0.4) is 0 Å². The number of rotatable bonds is 4. The standard InChI is InChI=1S/C19H28FN3O/c20-16-6-4-15(5-7-16)14-23-12-8-17(9-13-23)22-18(24)19(21)10-2-1-3-11-19/h4-7,17H,1-3,8-14,21H2,(H,22,24). The Kier molecular flexibility index (Phi) is 5.51. The molecule has 3 N–H and O–H groups in total. The van der Waals surface area contributed by atoms with Crippen molar-refractivity contribution in [1.29, 1.82) is 0 Å². The summed E-state index contributed by atoms with van der Waals surface area (Å²) in [4.78, 5) is 14.9. The molecule has 1 aromatic carbocycles. The van der Waals surface area contributed by atoms with Crippen LogP contribution < -0.4 is 11.1 Å². The van der Waals surface area contributed by atoms with Crippen LogP contribution in [0.15, 0.2) is 24.3 Å². The molecular formula is C19H28FN3O. The van der Waals surface area contributed by atoms with Gasteiger partial charge in [-0.15, -0.1) is 0 Å². The molecule has 5 heteroatoms. The normalized spacial score (nSPS) is 22.2. The lowest BCUT2D eigenvalue weighted by molar-refractivity contribution is -0.128. The van der Waals surface area contributed by atoms with Gasteiger partial charge in [0, 0.05) is 25.7 Å². The van der Waals surface area contributed by atoms with Gasteiger partial charge in [0.2, 0.25) is 5.91 Å². The highest BCUT2D eigenvalue weighted by Crippen LogP contribution is 2.26. The topological polar surface area (TPSA) is 58.4 Å². The lowest BCUT2D eigenvalue weighted by Gasteiger charge is -2.36. The van der Waals surface area contributed by atoms with Gasteiger partial charge in [-0.05, 0) is 43.4 Å². The maximum atomic E-state index is 13.0. The number of benzene rings is 1. The van der Waals surface area contributed by atoms with Gasteiger partial charge < -0.3 is 11.1 Å². The first-order valence-corrected chi connectivity index (χ1v) is 9.12. The third-order valence-corrected chi connectivity index (χ3v) is 5.44. The summed E-state index contributed by atoms with van der Waals surface area (Å²) in [7, 11) is 0. The number of hydrogen-bond donors (Lipinski definition) is 2. The summed E-state index contributed by atoms with van der Waals surface area (Å²) in [5.74, 6) is -0.155. The molecule has 0 radical (unpaired) electrons. The lowest BCUT2D eigenvalue weighted by Crippen LogP contribution is -2.58. The number of piperidine rings is 1. The van der Waals surface area contributed by atoms with Gasteiger partial charge >= 0.3 is 0 Å². The van der Waals surface area contributed by atoms with E-state index in [1.807, 2.05) is 12.1 Å². The average molecular weight is 333 g/mol. The summed E-state index contributed by atoms with van der Waals surface area (Å²) in [5, 5.41) is 3.18. The lowest BCUT2D eigenvalue weighted by atomic mass is 9.81. The highest BCUT2D eigenvalue weighted by atomic mass is 19.1. The van der Waals surface area contributed by atoms with Crippen LogP contribution in [0.25, 0.3) is 0 Å². The van der Waals surface area contributed by atoms with Crippen LogP contribution in [0.2, 0.25) is 0 Å². The minimum absolute atomic E-state index is 0.0409. The average Bonchev–Trinajstić information content (AvgIpc) is 2.59. The number of nitrogens with one attached hydrogen (secondary N) is 1. The second kappa shape index (κ2) is 7.62. The molecule has 0 bridgehead atoms. The van der Waals surface area contributed by atoms with Crippen LogP contribution in [-0.4, -0.2) is 35.5 Å². The first kappa shape index (κ1) is 17.4. The SMILES string of the molecule is NC1(C(=O)NC2CCN(Cc3ccc(F)cc3)CC2)CCCCC1. The molecule has 1 aromatic rings. The van der Waals surface area contributed by atoms with E-state index in [1.54, 1.807) is 0 Å². The zero-order valence-electron chi connectivity index (χ0n) is 14.3. The Bertz CT molecular complexity index is 546. The number of halogens is 1. The molecule has 1 saturated heterocycles. The number of amides is 1. The Morgan fingerprint density at radius 1 is 1.17 bits per heavy atom. The van der Waals surface area contributed by atoms with E-state index >= 15 is 0 Å². The van der Waals surface area contributed by atoms with E-state index in [1.165, 1.54) is 18.6 Å². The monoisotopic (exact) mass is 333 g/mol. The van der Waals surface area contributed by atoms with E-state index < -0.39 is 5.54 Å². The van der Waals surface area contributed by atoms with E-state index in [2.05, 4.69) is 10.2 Å². The van der Waals surface area contributed by atoms with Crippen LogP contribution in [0.1, 0.15) is 50.5 Å². The molecular weight excluding hydrogens is 305 g/mol. The quantitative estimate of drug-likeness (QED) is 0.890. The third-order valence-electron chi connectivity index (χ3n) is 5.44. The van der Waals surface area contributed by atoms with Crippen LogP contribution in [-0.2, 0) is 11.3 Å². The van der Waals surface area contributed by atoms with Gasteiger partial charge in [-0.25, -0.2) is 4.39 Å². The first-order valence-electron chi connectivity index (χ1n) is 9.12. The summed E-state index contributed by atoms with van der Waals surface area (Å²) < 4.78 is 13.0. The Labute approximate surface area is 143 Å². The van der Waals surface area contributed by atoms with E-state index in [0.29, 0.717) is 0 Å². The first-order chi connectivity index (χ1) is 11.5. The number of carbonyl (C=O) groups is 1. The van der Waals surface area contributed by atoms with Gasteiger partial charge in [0.25, 0.3) is 0 Å². The van der Waals surface area contributed by atoms with Crippen molar-refractivity contribution >= 4 is 5.91 Å². The van der Waals surface area contributed by atoms with Crippen molar-refractivity contribution in [3.05, 3.63) is 35.6 Å². The van der Waals surface area contributed by atoms with E-state index in [-0.39, 0.29) is 17.8 Å². The molecule has 1 aliphatic heterocycles. The van der Waals surface area contributed by atoms with Crippen LogP contribution in [0.5, 0.6) is 0 Å². The van der Waals surface area contributed by atoms with Gasteiger partial charge in [0.1, 0.15) is 5.82 Å². The zero-order chi connectivity index (χ0) is 17.0. The van der Waals surface area contributed by atoms with Gasteiger partial charge in [-0.2, -0.15) is 0 Å². The smallest absolute Gasteiger partial charge is 0.240 e. The molecule has 24 heavy (non-hydrogen) atoms. The molecule has 0 atom stereocenters. The van der Waals surface area contributed by atoms with Crippen LogP contribution in [0, 0.1) is 5.82 Å². The number of hydrogen-bond acceptors (Lipinski definition) is 3. The van der Waals surface area contributed by atoms with Crippen molar-refractivity contribution in [2.24, 2.45) is 5.73 Å². The number of carbonyl (C=O) groups excluding carboxylic acids is 1. The highest BCUT2D eigenvalue weighted by Gasteiger charge is 2.36. The van der Waals surface area contributed by atoms with Crippen molar-refractivity contribution in [2.75, 3.05) is 13.1 Å². The van der Waals surface area contributed by atoms with Gasteiger partial charge in [0.05, 0.1) is 5.54 Å². The van der Waals surface area contributed by atoms with E-state index in [4.69, 9.17) is 5.73 Å². The minimum Gasteiger partial charge on any atom is -0.352 e. The summed E-state index contributed by atoms with van der Waals surface area (Å²) in [6, 6.07) is 6.92. The van der Waals surface area contributed by atoms with Crippen LogP contribution in [0.4, 0.5) is 4.39 Å². The third kappa shape index (κ3) is 4.33. The number of nitrogens with zero attached hydrogens (tertiary/aromatic N) is 1. The summed E-state index contributed by atoms with van der Waals surface area (Å²) in [5.41, 5.74) is 6.79. The summed E-state index contributed by atoms with van der Waals surface area (Å²) >= 11 is 0. The maximum Gasteiger partial charge on any atom is 0.240 e. The summed E-state index contributed by atoms with van der Waals surface area (Å²) in [6.07, 6.45) is 6.81. The fraction of sp³-hybridized carbons (Fsp3) is 0.632. The molecule has 3 rings (SSSR count). The molecule has 0 spiro atoms. The van der Waals surface area contributed by atoms with Gasteiger partial charge in [0.15, 0.2) is 0 Å². The largest absolute Gasteiger partial charge is 0.352 e. The Balaban J connectivity index is 1.45. The predicted octanol–water partition coefficient (Wildman–Crippen LogP) is 2.57. The fourth-order valence-electron chi connectivity index (χ4n) is 3.82. The zero-order valence-corrected chi connectivity index (χ0v) is 14.3. The number of nitrogens with two attached hydrogens (primary N) is 1. The second-order valence-electron chi connectivity index (χ2n) is 7.37. The van der Waals surface area contributed by atoms with Crippen LogP contribution >= 0.6 is 0 Å². The molecule has 1 heterocycles. The van der Waals surface area contributed by atoms with Gasteiger partial charge in [-0.1, -0.05) is 31.4 Å². The van der Waals surface area contributed by atoms with E-state index in [0.717, 1.165) is 63.7 Å². The maximum absolute atomic E-state index is 13.0. The van der Waals surface area contributed by atoms with E-state index in [9.17, 15) is 9.18 Å². The molecule has 1 aliphatic carbocycles. The minimum atomic E-state index is -0.649. The van der Waals surface area contributed by atoms with Crippen molar-refractivity contribution in [2.45, 2.75) is 63.1 Å². The molecule has 0 unspecified atom stereocenters. The predicted molar refractivity (Wildman–Crippen MR) is 92.8 cm³/mol. The molecule has 0 aromatic heterocycles. The molecule has 4 nitrogen and oxygen atoms in total. The van der Waals surface area contributed by atoms with Crippen molar-refractivity contribution in [3.8, 4) is 0 Å². The summed E-state index contributed by atoms with van der Waals surface area (Å²) in [6.45, 7) is 2.72. The number of likely N-dealkylation sites (tertiary alicyclic amines) is 1. The Morgan fingerprint density at radius 2 is 1.79 bits per heavy atom. The highest BCUT2D eigenvalue weighted by molar-refractivity contribution is 5.86. The molecule has 2 fully saturated rings. The molecule has 2 aliphatic rings. The van der Waals surface area contributed by atoms with Crippen molar-refractivity contribution < 1.29 is 9.18 Å². The fourth-order valence-corrected chi connectivity index (χ4v) is 3.82. The van der Waals surface area contributed by atoms with Gasteiger partial charge in [-0.3, -0.25) is 9.69 Å². The van der Waals surface area contributed by atoms with Crippen molar-refractivity contribution in [3.63, 3.8) is 0 Å². The van der Waals surface area contributed by atoms with Crippen molar-refractivity contribution in [1.82, 2.24) is 10.2 Å². The Hall–Kier alpha value is -1.46.